The van der Waals surface area contributed by atoms with E-state index in [-0.39, 0.29) is 13.6 Å². The smallest absolute Gasteiger partial charge is 0.404 e. The van der Waals surface area contributed by atoms with Gasteiger partial charge in [0, 0.05) is 11.6 Å². The van der Waals surface area contributed by atoms with Crippen LogP contribution in [0.1, 0.15) is 47.0 Å². The highest BCUT2D eigenvalue weighted by atomic mass is 35.5. The zero-order valence-electron chi connectivity index (χ0n) is 10.5. The molecule has 0 atom stereocenters. The summed E-state index contributed by atoms with van der Waals surface area (Å²) in [4.78, 5) is 19.7. The van der Waals surface area contributed by atoms with Gasteiger partial charge in [-0.3, -0.25) is 0 Å². The van der Waals surface area contributed by atoms with Gasteiger partial charge in [-0.2, -0.15) is 0 Å². The molecule has 0 aromatic rings. The fourth-order valence-corrected chi connectivity index (χ4v) is 0.691. The van der Waals surface area contributed by atoms with Crippen LogP contribution in [0.4, 0.5) is 9.59 Å². The van der Waals surface area contributed by atoms with Gasteiger partial charge in [-0.1, -0.05) is 34.1 Å². The first kappa shape index (κ1) is 25.7. The van der Waals surface area contributed by atoms with E-state index in [1.165, 1.54) is 0 Å². The molecule has 6 nitrogen and oxygen atoms in total. The molecule has 112 valence electrons. The zero-order chi connectivity index (χ0) is 12.8. The minimum absolute atomic E-state index is 0. The molecule has 5 N–H and O–H groups in total. The summed E-state index contributed by atoms with van der Waals surface area (Å²) in [6, 6.07) is 0. The average Bonchev–Trinajstić information content (AvgIpc) is 2.18. The number of halogens is 1. The Kier molecular flexibility index (Phi) is 30.5. The van der Waals surface area contributed by atoms with Gasteiger partial charge in [-0.25, -0.2) is 9.59 Å². The van der Waals surface area contributed by atoms with Crippen LogP contribution in [0.5, 0.6) is 0 Å². The summed E-state index contributed by atoms with van der Waals surface area (Å²) < 4.78 is 8.83. The average molecular weight is 287 g/mol. The van der Waals surface area contributed by atoms with Gasteiger partial charge in [-0.05, 0) is 12.8 Å². The molecular weight excluding hydrogens is 260 g/mol. The maximum atomic E-state index is 9.87. The quantitative estimate of drug-likeness (QED) is 0.569. The monoisotopic (exact) mass is 286 g/mol. The van der Waals surface area contributed by atoms with Crippen molar-refractivity contribution in [3.63, 3.8) is 0 Å². The van der Waals surface area contributed by atoms with E-state index in [9.17, 15) is 9.59 Å². The Morgan fingerprint density at radius 3 is 1.72 bits per heavy atom. The van der Waals surface area contributed by atoms with Crippen molar-refractivity contribution in [3.8, 4) is 0 Å². The molecule has 0 saturated heterocycles. The van der Waals surface area contributed by atoms with E-state index in [0.29, 0.717) is 13.2 Å². The molecule has 0 aromatic carbocycles. The second kappa shape index (κ2) is 21.3. The van der Waals surface area contributed by atoms with E-state index in [4.69, 9.17) is 11.6 Å². The molecule has 0 fully saturated rings. The number of hydrogen-bond acceptors (Lipinski definition) is 5. The third-order valence-electron chi connectivity index (χ3n) is 1.46. The lowest BCUT2D eigenvalue weighted by Gasteiger charge is -1.95. The van der Waals surface area contributed by atoms with E-state index < -0.39 is 11.5 Å². The summed E-state index contributed by atoms with van der Waals surface area (Å²) in [5.74, 6) is 0. The van der Waals surface area contributed by atoms with Gasteiger partial charge in [0.25, 0.3) is 0 Å². The van der Waals surface area contributed by atoms with Crippen molar-refractivity contribution in [2.45, 2.75) is 47.0 Å². The number of nitrogens with two attached hydrogens (primary N) is 1. The molecule has 0 heterocycles. The van der Waals surface area contributed by atoms with Crippen molar-refractivity contribution in [3.05, 3.63) is 0 Å². The number of primary amides is 1. The summed E-state index contributed by atoms with van der Waals surface area (Å²) in [5.41, 5.74) is 3.96. The van der Waals surface area contributed by atoms with Crippen LogP contribution in [0.3, 0.4) is 0 Å². The molecule has 0 aliphatic carbocycles. The Hall–Kier alpha value is -1.01. The standard InChI is InChI=1S/C5H9ClO2.C5H11NO2.CH4.H3N/c2*1-2-3-4-8-5(6)7;;/h2-4H2,1H3;2-4H2,1H3,(H2,6,7);1H4;1H3. The number of ether oxygens (including phenoxy) is 2. The van der Waals surface area contributed by atoms with Gasteiger partial charge in [0.2, 0.25) is 0 Å². The van der Waals surface area contributed by atoms with E-state index in [1.807, 2.05) is 13.8 Å². The van der Waals surface area contributed by atoms with Crippen molar-refractivity contribution >= 4 is 23.1 Å². The number of rotatable bonds is 6. The third-order valence-corrected chi connectivity index (χ3v) is 1.56. The molecule has 0 aliphatic heterocycles. The summed E-state index contributed by atoms with van der Waals surface area (Å²) in [6.45, 7) is 4.93. The zero-order valence-corrected chi connectivity index (χ0v) is 11.3. The van der Waals surface area contributed by atoms with E-state index >= 15 is 0 Å². The topological polar surface area (TPSA) is 114 Å². The predicted octanol–water partition coefficient (Wildman–Crippen LogP) is 3.84. The second-order valence-corrected chi connectivity index (χ2v) is 3.27. The first-order valence-corrected chi connectivity index (χ1v) is 5.66. The fourth-order valence-electron chi connectivity index (χ4n) is 0.614. The number of carbonyl (C=O) groups excluding carboxylic acids is 2. The highest BCUT2D eigenvalue weighted by Crippen LogP contribution is 1.91. The molecule has 0 spiro atoms. The van der Waals surface area contributed by atoms with Gasteiger partial charge in [0.15, 0.2) is 0 Å². The number of amides is 1. The SMILES string of the molecule is C.CCCCOC(=O)Cl.CCCCOC(N)=O.N. The van der Waals surface area contributed by atoms with Crippen molar-refractivity contribution in [2.24, 2.45) is 5.73 Å². The van der Waals surface area contributed by atoms with Crippen molar-refractivity contribution in [1.82, 2.24) is 6.15 Å². The maximum Gasteiger partial charge on any atom is 0.404 e. The Labute approximate surface area is 115 Å². The molecule has 0 rings (SSSR count). The Bertz CT molecular complexity index is 172. The molecule has 1 amide bonds. The first-order chi connectivity index (χ1) is 7.54. The normalized spacial score (nSPS) is 7.72. The fraction of sp³-hybridized carbons (Fsp3) is 0.818. The minimum Gasteiger partial charge on any atom is -0.454 e. The summed E-state index contributed by atoms with van der Waals surface area (Å²) >= 11 is 4.85. The van der Waals surface area contributed by atoms with Gasteiger partial charge in [-0.15, -0.1) is 0 Å². The van der Waals surface area contributed by atoms with Crippen LogP contribution < -0.4 is 11.9 Å². The van der Waals surface area contributed by atoms with Gasteiger partial charge in [0.1, 0.15) is 0 Å². The molecule has 0 bridgehead atoms. The second-order valence-electron chi connectivity index (χ2n) is 2.96. The van der Waals surface area contributed by atoms with Crippen molar-refractivity contribution < 1.29 is 19.1 Å². The van der Waals surface area contributed by atoms with Crippen LogP contribution >= 0.6 is 11.6 Å². The van der Waals surface area contributed by atoms with Crippen LogP contribution in [-0.4, -0.2) is 24.7 Å². The highest BCUT2D eigenvalue weighted by molar-refractivity contribution is 6.61. The number of carbonyl (C=O) groups is 2. The van der Waals surface area contributed by atoms with Crippen LogP contribution in [0, 0.1) is 0 Å². The Morgan fingerprint density at radius 1 is 1.06 bits per heavy atom. The summed E-state index contributed by atoms with van der Waals surface area (Å²) in [7, 11) is 0. The lowest BCUT2D eigenvalue weighted by Crippen LogP contribution is -2.13. The Morgan fingerprint density at radius 2 is 1.44 bits per heavy atom. The predicted molar refractivity (Wildman–Crippen MR) is 74.3 cm³/mol. The van der Waals surface area contributed by atoms with Crippen molar-refractivity contribution in [2.75, 3.05) is 13.2 Å². The van der Waals surface area contributed by atoms with Gasteiger partial charge < -0.3 is 21.4 Å². The maximum absolute atomic E-state index is 9.87. The molecule has 0 aromatic heterocycles. The summed E-state index contributed by atoms with van der Waals surface area (Å²) in [6.07, 6.45) is 3.14. The van der Waals surface area contributed by atoms with E-state index in [1.54, 1.807) is 0 Å². The minimum atomic E-state index is -0.710. The number of unbranched alkanes of at least 4 members (excludes halogenated alkanes) is 2. The summed E-state index contributed by atoms with van der Waals surface area (Å²) in [5, 5.41) is 0. The molecular formula is C11H27ClN2O4. The van der Waals surface area contributed by atoms with Crippen LogP contribution in [0.2, 0.25) is 0 Å². The van der Waals surface area contributed by atoms with Crippen molar-refractivity contribution in [1.29, 1.82) is 0 Å². The van der Waals surface area contributed by atoms with Gasteiger partial charge >= 0.3 is 11.5 Å². The van der Waals surface area contributed by atoms with Crippen LogP contribution in [-0.2, 0) is 9.47 Å². The molecule has 0 unspecified atom stereocenters. The van der Waals surface area contributed by atoms with Crippen LogP contribution in [0.15, 0.2) is 0 Å². The largest absolute Gasteiger partial charge is 0.454 e. The molecule has 7 heteroatoms. The highest BCUT2D eigenvalue weighted by Gasteiger charge is 1.91. The van der Waals surface area contributed by atoms with E-state index in [0.717, 1.165) is 25.7 Å². The first-order valence-electron chi connectivity index (χ1n) is 5.29. The lowest BCUT2D eigenvalue weighted by molar-refractivity contribution is 0.155. The molecule has 18 heavy (non-hydrogen) atoms. The number of hydrogen-bond donors (Lipinski definition) is 2. The third kappa shape index (κ3) is 36.3. The molecule has 0 radical (unpaired) electrons. The van der Waals surface area contributed by atoms with E-state index in [2.05, 4.69) is 15.2 Å². The molecule has 0 saturated carbocycles. The molecule has 0 aliphatic rings. The Balaban J connectivity index is -0.0000000980. The lowest BCUT2D eigenvalue weighted by atomic mass is 10.4. The van der Waals surface area contributed by atoms with Gasteiger partial charge in [0.05, 0.1) is 13.2 Å². The van der Waals surface area contributed by atoms with Crippen LogP contribution in [0.25, 0.3) is 0 Å².